The van der Waals surface area contributed by atoms with E-state index in [-0.39, 0.29) is 11.6 Å². The summed E-state index contributed by atoms with van der Waals surface area (Å²) >= 11 is 0. The van der Waals surface area contributed by atoms with E-state index in [1.807, 2.05) is 6.07 Å². The number of rotatable bonds is 4. The number of hydrogen-bond donors (Lipinski definition) is 0. The quantitative estimate of drug-likeness (QED) is 0.750. The summed E-state index contributed by atoms with van der Waals surface area (Å²) < 4.78 is 14.0. The second-order valence-electron chi connectivity index (χ2n) is 6.34. The molecule has 0 amide bonds. The lowest BCUT2D eigenvalue weighted by molar-refractivity contribution is 0.101. The van der Waals surface area contributed by atoms with Crippen molar-refractivity contribution in [2.75, 3.05) is 0 Å². The highest BCUT2D eigenvalue weighted by atomic mass is 19.1. The highest BCUT2D eigenvalue weighted by Crippen LogP contribution is 2.32. The molecular weight excluding hydrogens is 289 g/mol. The molecule has 0 saturated carbocycles. The standard InChI is InChI=1S/C20H22FNO/c1-3-6-14-9-15(11-16(21)10-14)18-12-20(13(2)23)22-19-8-5-4-7-17(18)19/h9-12H,3-8H2,1-2H3. The van der Waals surface area contributed by atoms with Crippen LogP contribution in [0.15, 0.2) is 24.3 Å². The Morgan fingerprint density at radius 3 is 2.70 bits per heavy atom. The van der Waals surface area contributed by atoms with Gasteiger partial charge in [0.15, 0.2) is 5.78 Å². The first-order valence-electron chi connectivity index (χ1n) is 8.42. The van der Waals surface area contributed by atoms with Crippen LogP contribution in [0.3, 0.4) is 0 Å². The van der Waals surface area contributed by atoms with Crippen LogP contribution < -0.4 is 0 Å². The van der Waals surface area contributed by atoms with Gasteiger partial charge in [-0.2, -0.15) is 0 Å². The van der Waals surface area contributed by atoms with Crippen LogP contribution >= 0.6 is 0 Å². The van der Waals surface area contributed by atoms with Crippen LogP contribution in [0, 0.1) is 5.82 Å². The lowest BCUT2D eigenvalue weighted by Gasteiger charge is -2.20. The summed E-state index contributed by atoms with van der Waals surface area (Å²) in [5, 5.41) is 0. The zero-order valence-corrected chi connectivity index (χ0v) is 13.8. The van der Waals surface area contributed by atoms with Crippen LogP contribution in [0.5, 0.6) is 0 Å². The molecule has 3 rings (SSSR count). The topological polar surface area (TPSA) is 30.0 Å². The number of Topliss-reactive ketones (excluding diaryl/α,β-unsaturated/α-hetero) is 1. The van der Waals surface area contributed by atoms with Gasteiger partial charge in [0.2, 0.25) is 0 Å². The Labute approximate surface area is 136 Å². The number of halogens is 1. The third-order valence-electron chi connectivity index (χ3n) is 4.47. The summed E-state index contributed by atoms with van der Waals surface area (Å²) in [7, 11) is 0. The van der Waals surface area contributed by atoms with Gasteiger partial charge in [-0.1, -0.05) is 19.4 Å². The zero-order valence-electron chi connectivity index (χ0n) is 13.8. The molecule has 23 heavy (non-hydrogen) atoms. The van der Waals surface area contributed by atoms with E-state index in [0.29, 0.717) is 5.69 Å². The molecule has 1 aliphatic rings. The van der Waals surface area contributed by atoms with E-state index in [4.69, 9.17) is 0 Å². The third kappa shape index (κ3) is 3.34. The van der Waals surface area contributed by atoms with E-state index in [9.17, 15) is 9.18 Å². The molecule has 1 aromatic carbocycles. The summed E-state index contributed by atoms with van der Waals surface area (Å²) in [6, 6.07) is 7.08. The maximum atomic E-state index is 14.0. The van der Waals surface area contributed by atoms with Gasteiger partial charge in [0.25, 0.3) is 0 Å². The van der Waals surface area contributed by atoms with E-state index in [2.05, 4.69) is 18.0 Å². The van der Waals surface area contributed by atoms with Crippen molar-refractivity contribution in [3.05, 3.63) is 52.6 Å². The second kappa shape index (κ2) is 6.61. The van der Waals surface area contributed by atoms with Gasteiger partial charge < -0.3 is 0 Å². The van der Waals surface area contributed by atoms with Gasteiger partial charge >= 0.3 is 0 Å². The summed E-state index contributed by atoms with van der Waals surface area (Å²) in [6.45, 7) is 3.63. The molecule has 0 unspecified atom stereocenters. The van der Waals surface area contributed by atoms with Gasteiger partial charge in [0, 0.05) is 12.6 Å². The summed E-state index contributed by atoms with van der Waals surface area (Å²) in [6.07, 6.45) is 5.92. The fraction of sp³-hybridized carbons (Fsp3) is 0.400. The number of carbonyl (C=O) groups excluding carboxylic acids is 1. The SMILES string of the molecule is CCCc1cc(F)cc(-c2cc(C(C)=O)nc3c2CCCC3)c1. The Morgan fingerprint density at radius 2 is 1.96 bits per heavy atom. The minimum Gasteiger partial charge on any atom is -0.293 e. The molecule has 0 saturated heterocycles. The number of nitrogens with zero attached hydrogens (tertiary/aromatic N) is 1. The number of fused-ring (bicyclic) bond motifs is 1. The molecule has 1 aromatic heterocycles. The molecular formula is C20H22FNO. The lowest BCUT2D eigenvalue weighted by Crippen LogP contribution is -2.11. The minimum absolute atomic E-state index is 0.0372. The van der Waals surface area contributed by atoms with Crippen LogP contribution in [0.25, 0.3) is 11.1 Å². The molecule has 0 radical (unpaired) electrons. The summed E-state index contributed by atoms with van der Waals surface area (Å²) in [5.74, 6) is -0.249. The van der Waals surface area contributed by atoms with Crippen molar-refractivity contribution in [1.29, 1.82) is 0 Å². The molecule has 3 heteroatoms. The van der Waals surface area contributed by atoms with Crippen molar-refractivity contribution in [3.63, 3.8) is 0 Å². The number of aryl methyl sites for hydroxylation is 2. The Balaban J connectivity index is 2.18. The highest BCUT2D eigenvalue weighted by molar-refractivity contribution is 5.93. The maximum Gasteiger partial charge on any atom is 0.178 e. The smallest absolute Gasteiger partial charge is 0.178 e. The molecule has 0 spiro atoms. The number of pyridine rings is 1. The number of carbonyl (C=O) groups is 1. The van der Waals surface area contributed by atoms with E-state index in [1.54, 1.807) is 12.1 Å². The number of hydrogen-bond acceptors (Lipinski definition) is 2. The monoisotopic (exact) mass is 311 g/mol. The van der Waals surface area contributed by atoms with E-state index in [0.717, 1.165) is 60.9 Å². The normalized spacial score (nSPS) is 13.7. The highest BCUT2D eigenvalue weighted by Gasteiger charge is 2.19. The minimum atomic E-state index is -0.211. The molecule has 0 fully saturated rings. The van der Waals surface area contributed by atoms with Crippen molar-refractivity contribution >= 4 is 5.78 Å². The van der Waals surface area contributed by atoms with Crippen molar-refractivity contribution in [2.45, 2.75) is 52.4 Å². The first-order chi connectivity index (χ1) is 11.1. The lowest BCUT2D eigenvalue weighted by atomic mass is 9.88. The van der Waals surface area contributed by atoms with Gasteiger partial charge in [-0.15, -0.1) is 0 Å². The van der Waals surface area contributed by atoms with Gasteiger partial charge in [-0.3, -0.25) is 4.79 Å². The largest absolute Gasteiger partial charge is 0.293 e. The first-order valence-corrected chi connectivity index (χ1v) is 8.42. The van der Waals surface area contributed by atoms with Crippen molar-refractivity contribution in [2.24, 2.45) is 0 Å². The molecule has 120 valence electrons. The average molecular weight is 311 g/mol. The first kappa shape index (κ1) is 15.9. The molecule has 1 aliphatic carbocycles. The van der Waals surface area contributed by atoms with E-state index in [1.165, 1.54) is 12.5 Å². The average Bonchev–Trinajstić information content (AvgIpc) is 2.53. The third-order valence-corrected chi connectivity index (χ3v) is 4.47. The molecule has 0 aliphatic heterocycles. The molecule has 2 nitrogen and oxygen atoms in total. The number of benzene rings is 1. The number of ketones is 1. The zero-order chi connectivity index (χ0) is 16.4. The predicted octanol–water partition coefficient (Wildman–Crippen LogP) is 4.92. The summed E-state index contributed by atoms with van der Waals surface area (Å²) in [5.41, 5.74) is 5.55. The Morgan fingerprint density at radius 1 is 1.17 bits per heavy atom. The Hall–Kier alpha value is -2.03. The fourth-order valence-electron chi connectivity index (χ4n) is 3.38. The predicted molar refractivity (Wildman–Crippen MR) is 90.3 cm³/mol. The van der Waals surface area contributed by atoms with E-state index < -0.39 is 0 Å². The van der Waals surface area contributed by atoms with Crippen LogP contribution in [0.4, 0.5) is 4.39 Å². The van der Waals surface area contributed by atoms with Gasteiger partial charge in [0.1, 0.15) is 11.5 Å². The fourth-order valence-corrected chi connectivity index (χ4v) is 3.38. The van der Waals surface area contributed by atoms with Crippen molar-refractivity contribution < 1.29 is 9.18 Å². The Kier molecular flexibility index (Phi) is 4.56. The maximum absolute atomic E-state index is 14.0. The van der Waals surface area contributed by atoms with Gasteiger partial charge in [0.05, 0.1) is 0 Å². The van der Waals surface area contributed by atoms with Crippen LogP contribution in [-0.4, -0.2) is 10.8 Å². The molecule has 2 aromatic rings. The molecule has 0 N–H and O–H groups in total. The molecule has 0 bridgehead atoms. The Bertz CT molecular complexity index is 752. The molecule has 0 atom stereocenters. The van der Waals surface area contributed by atoms with Crippen molar-refractivity contribution in [1.82, 2.24) is 4.98 Å². The number of aromatic nitrogens is 1. The molecule has 1 heterocycles. The van der Waals surface area contributed by atoms with Crippen LogP contribution in [0.1, 0.15) is 60.4 Å². The second-order valence-corrected chi connectivity index (χ2v) is 6.34. The van der Waals surface area contributed by atoms with Crippen LogP contribution in [0.2, 0.25) is 0 Å². The van der Waals surface area contributed by atoms with E-state index >= 15 is 0 Å². The van der Waals surface area contributed by atoms with Gasteiger partial charge in [-0.25, -0.2) is 9.37 Å². The van der Waals surface area contributed by atoms with Crippen molar-refractivity contribution in [3.8, 4) is 11.1 Å². The van der Waals surface area contributed by atoms with Crippen LogP contribution in [-0.2, 0) is 19.3 Å². The summed E-state index contributed by atoms with van der Waals surface area (Å²) in [4.78, 5) is 16.4. The van der Waals surface area contributed by atoms with Gasteiger partial charge in [-0.05, 0) is 72.6 Å².